The quantitative estimate of drug-likeness (QED) is 0.430. The molecule has 0 aliphatic rings. The average Bonchev–Trinajstić information content (AvgIpc) is 2.44. The third-order valence-electron chi connectivity index (χ3n) is 3.27. The highest BCUT2D eigenvalue weighted by Crippen LogP contribution is 2.08. The summed E-state index contributed by atoms with van der Waals surface area (Å²) in [6, 6.07) is 0. The van der Waals surface area contributed by atoms with Gasteiger partial charge in [-0.05, 0) is 12.8 Å². The van der Waals surface area contributed by atoms with Crippen LogP contribution in [0.2, 0.25) is 0 Å². The van der Waals surface area contributed by atoms with Crippen LogP contribution < -0.4 is 5.48 Å². The molecule has 118 valence electrons. The highest BCUT2D eigenvalue weighted by Gasteiger charge is 2.06. The molecule has 0 saturated carbocycles. The molecule has 0 aliphatic heterocycles. The number of hydroxylamine groups is 1. The first-order chi connectivity index (χ1) is 9.70. The fourth-order valence-electron chi connectivity index (χ4n) is 1.98. The Kier molecular flexibility index (Phi) is 13.6. The lowest BCUT2D eigenvalue weighted by molar-refractivity contribution is -0.158. The van der Waals surface area contributed by atoms with Crippen molar-refractivity contribution in [3.8, 4) is 0 Å². The van der Waals surface area contributed by atoms with E-state index in [2.05, 4.69) is 19.3 Å². The van der Waals surface area contributed by atoms with Crippen LogP contribution in [-0.2, 0) is 14.4 Å². The molecular formula is C16H31NO3. The van der Waals surface area contributed by atoms with Crippen molar-refractivity contribution in [2.24, 2.45) is 0 Å². The van der Waals surface area contributed by atoms with Crippen LogP contribution in [-0.4, -0.2) is 11.9 Å². The summed E-state index contributed by atoms with van der Waals surface area (Å²) in [6.45, 7) is 4.28. The van der Waals surface area contributed by atoms with E-state index in [1.54, 1.807) is 0 Å². The molecule has 4 heteroatoms. The number of unbranched alkanes of at least 4 members (excludes halogenated alkanes) is 8. The van der Waals surface area contributed by atoms with Crippen LogP contribution in [0.25, 0.3) is 0 Å². The van der Waals surface area contributed by atoms with Crippen LogP contribution in [0.15, 0.2) is 0 Å². The summed E-state index contributed by atoms with van der Waals surface area (Å²) in [5.41, 5.74) is 2.23. The summed E-state index contributed by atoms with van der Waals surface area (Å²) >= 11 is 0. The third-order valence-corrected chi connectivity index (χ3v) is 3.27. The molecule has 0 aromatic rings. The first-order valence-corrected chi connectivity index (χ1v) is 8.19. The molecule has 20 heavy (non-hydrogen) atoms. The van der Waals surface area contributed by atoms with E-state index in [0.717, 1.165) is 32.1 Å². The molecule has 0 radical (unpaired) electrons. The van der Waals surface area contributed by atoms with Crippen molar-refractivity contribution < 1.29 is 14.4 Å². The van der Waals surface area contributed by atoms with Crippen molar-refractivity contribution in [1.29, 1.82) is 0 Å². The maximum absolute atomic E-state index is 11.4. The zero-order valence-electron chi connectivity index (χ0n) is 13.2. The van der Waals surface area contributed by atoms with Gasteiger partial charge in [0.15, 0.2) is 0 Å². The highest BCUT2D eigenvalue weighted by molar-refractivity contribution is 5.77. The zero-order valence-corrected chi connectivity index (χ0v) is 13.2. The zero-order chi connectivity index (χ0) is 15.1. The molecule has 0 atom stereocenters. The maximum atomic E-state index is 11.4. The first kappa shape index (κ1) is 18.9. The van der Waals surface area contributed by atoms with Crippen LogP contribution in [0.5, 0.6) is 0 Å². The predicted octanol–water partition coefficient (Wildman–Crippen LogP) is 4.28. The van der Waals surface area contributed by atoms with E-state index in [4.69, 9.17) is 4.84 Å². The van der Waals surface area contributed by atoms with Gasteiger partial charge in [0.2, 0.25) is 0 Å². The van der Waals surface area contributed by atoms with Crippen molar-refractivity contribution in [3.05, 3.63) is 0 Å². The Morgan fingerprint density at radius 2 is 1.25 bits per heavy atom. The fourth-order valence-corrected chi connectivity index (χ4v) is 1.98. The van der Waals surface area contributed by atoms with E-state index >= 15 is 0 Å². The van der Waals surface area contributed by atoms with Crippen LogP contribution in [0.4, 0.5) is 0 Å². The second-order valence-corrected chi connectivity index (χ2v) is 5.33. The first-order valence-electron chi connectivity index (χ1n) is 8.19. The smallest absolute Gasteiger partial charge is 0.332 e. The Bertz CT molecular complexity index is 254. The molecule has 1 N–H and O–H groups in total. The van der Waals surface area contributed by atoms with Crippen molar-refractivity contribution in [3.63, 3.8) is 0 Å². The number of nitrogens with one attached hydrogen (secondary N) is 1. The Balaban J connectivity index is 3.34. The van der Waals surface area contributed by atoms with Gasteiger partial charge in [0, 0.05) is 12.8 Å². The Morgan fingerprint density at radius 3 is 1.90 bits per heavy atom. The molecule has 0 rings (SSSR count). The van der Waals surface area contributed by atoms with Crippen molar-refractivity contribution in [2.45, 2.75) is 90.9 Å². The van der Waals surface area contributed by atoms with Gasteiger partial charge in [-0.15, -0.1) is 0 Å². The van der Waals surface area contributed by atoms with Crippen molar-refractivity contribution in [1.82, 2.24) is 5.48 Å². The van der Waals surface area contributed by atoms with Gasteiger partial charge in [0.05, 0.1) is 0 Å². The lowest BCUT2D eigenvalue weighted by Gasteiger charge is -2.05. The Morgan fingerprint density at radius 1 is 0.750 bits per heavy atom. The largest absolute Gasteiger partial charge is 0.341 e. The molecule has 0 aromatic heterocycles. The lowest BCUT2D eigenvalue weighted by atomic mass is 10.1. The second-order valence-electron chi connectivity index (χ2n) is 5.33. The Hall–Kier alpha value is -1.06. The minimum atomic E-state index is -0.341. The maximum Gasteiger partial charge on any atom is 0.332 e. The van der Waals surface area contributed by atoms with Gasteiger partial charge < -0.3 is 4.84 Å². The van der Waals surface area contributed by atoms with Crippen LogP contribution in [0, 0.1) is 0 Å². The normalized spacial score (nSPS) is 10.3. The summed E-state index contributed by atoms with van der Waals surface area (Å²) in [5, 5.41) is 0. The summed E-state index contributed by atoms with van der Waals surface area (Å²) < 4.78 is 0. The van der Waals surface area contributed by atoms with Crippen molar-refractivity contribution in [2.75, 3.05) is 0 Å². The highest BCUT2D eigenvalue weighted by atomic mass is 16.7. The summed E-state index contributed by atoms with van der Waals surface area (Å²) in [4.78, 5) is 27.4. The van der Waals surface area contributed by atoms with E-state index in [1.807, 2.05) is 0 Å². The number of carbonyl (C=O) groups is 2. The molecule has 0 aromatic carbocycles. The van der Waals surface area contributed by atoms with Gasteiger partial charge in [-0.1, -0.05) is 65.2 Å². The molecule has 0 bridgehead atoms. The van der Waals surface area contributed by atoms with E-state index in [-0.39, 0.29) is 11.9 Å². The van der Waals surface area contributed by atoms with Gasteiger partial charge >= 0.3 is 5.97 Å². The summed E-state index contributed by atoms with van der Waals surface area (Å²) in [5.74, 6) is -0.534. The SMILES string of the molecule is CCCCCCCCCC(=O)NOC(=O)CCCCC. The minimum absolute atomic E-state index is 0.192. The van der Waals surface area contributed by atoms with Crippen LogP contribution in [0.3, 0.4) is 0 Å². The van der Waals surface area contributed by atoms with Gasteiger partial charge in [-0.25, -0.2) is 4.79 Å². The minimum Gasteiger partial charge on any atom is -0.341 e. The summed E-state index contributed by atoms with van der Waals surface area (Å²) in [6.07, 6.45) is 11.9. The van der Waals surface area contributed by atoms with E-state index in [9.17, 15) is 9.59 Å². The number of hydrogen-bond donors (Lipinski definition) is 1. The van der Waals surface area contributed by atoms with Crippen LogP contribution >= 0.6 is 0 Å². The predicted molar refractivity (Wildman–Crippen MR) is 81.0 cm³/mol. The molecule has 1 amide bonds. The fraction of sp³-hybridized carbons (Fsp3) is 0.875. The van der Waals surface area contributed by atoms with E-state index in [1.165, 1.54) is 32.1 Å². The van der Waals surface area contributed by atoms with Gasteiger partial charge in [0.25, 0.3) is 5.91 Å². The van der Waals surface area contributed by atoms with Gasteiger partial charge in [-0.3, -0.25) is 4.79 Å². The molecule has 0 unspecified atom stereocenters. The standard InChI is InChI=1S/C16H31NO3/c1-3-5-7-8-9-10-12-13-15(18)17-20-16(19)14-11-6-4-2/h3-14H2,1-2H3,(H,17,18). The number of hydrogen-bond acceptors (Lipinski definition) is 3. The number of carbonyl (C=O) groups excluding carboxylic acids is 2. The van der Waals surface area contributed by atoms with E-state index in [0.29, 0.717) is 12.8 Å². The number of rotatable bonds is 12. The lowest BCUT2D eigenvalue weighted by Crippen LogP contribution is -2.26. The molecule has 0 fully saturated rings. The van der Waals surface area contributed by atoms with Crippen molar-refractivity contribution >= 4 is 11.9 Å². The second kappa shape index (κ2) is 14.4. The van der Waals surface area contributed by atoms with E-state index < -0.39 is 0 Å². The molecule has 0 saturated heterocycles. The molecule has 0 aliphatic carbocycles. The Labute approximate surface area is 123 Å². The van der Waals surface area contributed by atoms with Crippen LogP contribution in [0.1, 0.15) is 90.9 Å². The number of amides is 1. The third kappa shape index (κ3) is 13.4. The van der Waals surface area contributed by atoms with Gasteiger partial charge in [0.1, 0.15) is 0 Å². The molecular weight excluding hydrogens is 254 g/mol. The van der Waals surface area contributed by atoms with Gasteiger partial charge in [-0.2, -0.15) is 5.48 Å². The monoisotopic (exact) mass is 285 g/mol. The molecule has 4 nitrogen and oxygen atoms in total. The molecule has 0 spiro atoms. The molecule has 0 heterocycles. The average molecular weight is 285 g/mol. The topological polar surface area (TPSA) is 55.4 Å². The summed E-state index contributed by atoms with van der Waals surface area (Å²) in [7, 11) is 0.